The molecular weight excluding hydrogens is 274 g/mol. The molecule has 0 atom stereocenters. The lowest BCUT2D eigenvalue weighted by atomic mass is 10.0. The summed E-state index contributed by atoms with van der Waals surface area (Å²) >= 11 is 1.24. The summed E-state index contributed by atoms with van der Waals surface area (Å²) in [6, 6.07) is 5.21. The molecule has 1 heterocycles. The molecule has 2 rings (SSSR count). The normalized spacial score (nSPS) is 17.0. The van der Waals surface area contributed by atoms with Crippen molar-refractivity contribution in [1.82, 2.24) is 0 Å². The van der Waals surface area contributed by atoms with Crippen LogP contribution in [0.5, 0.6) is 0 Å². The minimum absolute atomic E-state index is 0.0713. The van der Waals surface area contributed by atoms with E-state index in [0.29, 0.717) is 5.17 Å². The van der Waals surface area contributed by atoms with Crippen molar-refractivity contribution in [2.24, 2.45) is 10.7 Å². The third kappa shape index (κ3) is 3.01. The zero-order valence-corrected chi connectivity index (χ0v) is 12.4. The number of urea groups is 1. The van der Waals surface area contributed by atoms with Gasteiger partial charge in [-0.2, -0.15) is 4.99 Å². The lowest BCUT2D eigenvalue weighted by Gasteiger charge is -2.20. The van der Waals surface area contributed by atoms with Gasteiger partial charge in [0.05, 0.1) is 11.4 Å². The van der Waals surface area contributed by atoms with Gasteiger partial charge in [0.25, 0.3) is 0 Å². The van der Waals surface area contributed by atoms with Gasteiger partial charge in [0.1, 0.15) is 0 Å². The van der Waals surface area contributed by atoms with Gasteiger partial charge in [-0.15, -0.1) is 0 Å². The molecule has 0 radical (unpaired) electrons. The van der Waals surface area contributed by atoms with Crippen molar-refractivity contribution in [2.45, 2.75) is 26.7 Å². The second-order valence-corrected chi connectivity index (χ2v) is 5.58. The van der Waals surface area contributed by atoms with Crippen molar-refractivity contribution in [3.63, 3.8) is 0 Å². The Morgan fingerprint density at radius 1 is 1.50 bits per heavy atom. The highest BCUT2D eigenvalue weighted by Gasteiger charge is 2.31. The molecule has 0 spiro atoms. The van der Waals surface area contributed by atoms with Crippen LogP contribution in [0.3, 0.4) is 0 Å². The molecule has 1 aromatic rings. The third-order valence-corrected chi connectivity index (χ3v) is 3.90. The van der Waals surface area contributed by atoms with Crippen LogP contribution in [0.25, 0.3) is 0 Å². The molecule has 1 aliphatic heterocycles. The average molecular weight is 291 g/mol. The Morgan fingerprint density at radius 3 is 2.90 bits per heavy atom. The summed E-state index contributed by atoms with van der Waals surface area (Å²) in [5.74, 6) is 0.212. The number of amides is 3. The fourth-order valence-corrected chi connectivity index (χ4v) is 3.00. The summed E-state index contributed by atoms with van der Waals surface area (Å²) < 4.78 is 0. The van der Waals surface area contributed by atoms with Crippen LogP contribution < -0.4 is 10.6 Å². The zero-order valence-electron chi connectivity index (χ0n) is 11.5. The highest BCUT2D eigenvalue weighted by Crippen LogP contribution is 2.31. The smallest absolute Gasteiger partial charge is 0.340 e. The molecule has 0 saturated carbocycles. The first-order chi connectivity index (χ1) is 9.52. The molecule has 0 aliphatic carbocycles. The number of carbonyl (C=O) groups excluding carboxylic acids is 2. The number of aryl methyl sites for hydroxylation is 2. The lowest BCUT2D eigenvalue weighted by molar-refractivity contribution is -0.115. The number of benzene rings is 1. The van der Waals surface area contributed by atoms with Crippen LogP contribution in [0.1, 0.15) is 24.5 Å². The predicted octanol–water partition coefficient (Wildman–Crippen LogP) is 2.46. The Labute approximate surface area is 122 Å². The highest BCUT2D eigenvalue weighted by atomic mass is 32.2. The lowest BCUT2D eigenvalue weighted by Crippen LogP contribution is -2.31. The number of anilines is 1. The SMILES string of the molecule is CCCc1ccc(C)cc1N1C(=O)CSC1=NC(N)=O. The minimum Gasteiger partial charge on any atom is -0.350 e. The van der Waals surface area contributed by atoms with Crippen LogP contribution >= 0.6 is 11.8 Å². The Morgan fingerprint density at radius 2 is 2.25 bits per heavy atom. The number of hydrogen-bond donors (Lipinski definition) is 1. The Balaban J connectivity index is 2.49. The first-order valence-electron chi connectivity index (χ1n) is 6.46. The molecule has 0 unspecified atom stereocenters. The summed E-state index contributed by atoms with van der Waals surface area (Å²) in [5, 5.41) is 0.366. The number of hydrogen-bond acceptors (Lipinski definition) is 3. The number of rotatable bonds is 3. The van der Waals surface area contributed by atoms with Crippen molar-refractivity contribution >= 4 is 34.6 Å². The Bertz CT molecular complexity index is 584. The number of amidine groups is 1. The summed E-state index contributed by atoms with van der Waals surface area (Å²) in [5.41, 5.74) is 8.05. The van der Waals surface area contributed by atoms with E-state index in [9.17, 15) is 9.59 Å². The molecule has 1 aromatic carbocycles. The van der Waals surface area contributed by atoms with E-state index in [0.717, 1.165) is 29.7 Å². The van der Waals surface area contributed by atoms with E-state index in [1.165, 1.54) is 16.7 Å². The van der Waals surface area contributed by atoms with E-state index in [4.69, 9.17) is 5.73 Å². The van der Waals surface area contributed by atoms with Crippen molar-refractivity contribution in [3.05, 3.63) is 29.3 Å². The molecule has 5 nitrogen and oxygen atoms in total. The largest absolute Gasteiger partial charge is 0.350 e. The van der Waals surface area contributed by atoms with E-state index in [2.05, 4.69) is 11.9 Å². The van der Waals surface area contributed by atoms with E-state index < -0.39 is 6.03 Å². The summed E-state index contributed by atoms with van der Waals surface area (Å²) in [6.45, 7) is 4.06. The Hall–Kier alpha value is -1.82. The molecule has 1 aliphatic rings. The number of aliphatic imine (C=N–C) groups is 1. The molecule has 3 amide bonds. The van der Waals surface area contributed by atoms with Crippen LogP contribution in [0.2, 0.25) is 0 Å². The van der Waals surface area contributed by atoms with Crippen molar-refractivity contribution in [3.8, 4) is 0 Å². The monoisotopic (exact) mass is 291 g/mol. The van der Waals surface area contributed by atoms with Crippen LogP contribution in [0.4, 0.5) is 10.5 Å². The van der Waals surface area contributed by atoms with Crippen LogP contribution in [-0.4, -0.2) is 22.9 Å². The summed E-state index contributed by atoms with van der Waals surface area (Å²) in [4.78, 5) is 28.4. The summed E-state index contributed by atoms with van der Waals surface area (Å²) in [6.07, 6.45) is 1.85. The second kappa shape index (κ2) is 6.09. The molecule has 1 fully saturated rings. The van der Waals surface area contributed by atoms with Gasteiger partial charge >= 0.3 is 6.03 Å². The number of thioether (sulfide) groups is 1. The number of carbonyl (C=O) groups is 2. The van der Waals surface area contributed by atoms with E-state index >= 15 is 0 Å². The van der Waals surface area contributed by atoms with Gasteiger partial charge in [-0.3, -0.25) is 9.69 Å². The second-order valence-electron chi connectivity index (χ2n) is 4.63. The molecular formula is C14H17N3O2S. The summed E-state index contributed by atoms with van der Waals surface area (Å²) in [7, 11) is 0. The third-order valence-electron chi connectivity index (χ3n) is 2.97. The molecule has 0 aromatic heterocycles. The van der Waals surface area contributed by atoms with Gasteiger partial charge in [0, 0.05) is 0 Å². The molecule has 20 heavy (non-hydrogen) atoms. The van der Waals surface area contributed by atoms with Gasteiger partial charge in [-0.1, -0.05) is 37.2 Å². The Kier molecular flexibility index (Phi) is 4.44. The molecule has 1 saturated heterocycles. The first-order valence-corrected chi connectivity index (χ1v) is 7.45. The molecule has 106 valence electrons. The van der Waals surface area contributed by atoms with E-state index in [-0.39, 0.29) is 11.7 Å². The van der Waals surface area contributed by atoms with Crippen molar-refractivity contribution in [1.29, 1.82) is 0 Å². The maximum atomic E-state index is 12.1. The van der Waals surface area contributed by atoms with Crippen molar-refractivity contribution in [2.75, 3.05) is 10.7 Å². The van der Waals surface area contributed by atoms with Gasteiger partial charge in [-0.25, -0.2) is 4.79 Å². The first kappa shape index (κ1) is 14.6. The van der Waals surface area contributed by atoms with Gasteiger partial charge in [0.2, 0.25) is 5.91 Å². The van der Waals surface area contributed by atoms with Gasteiger partial charge in [0.15, 0.2) is 5.17 Å². The van der Waals surface area contributed by atoms with Crippen LogP contribution in [0, 0.1) is 6.92 Å². The van der Waals surface area contributed by atoms with E-state index in [1.807, 2.05) is 25.1 Å². The fraction of sp³-hybridized carbons (Fsp3) is 0.357. The topological polar surface area (TPSA) is 75.8 Å². The molecule has 6 heteroatoms. The minimum atomic E-state index is -0.781. The van der Waals surface area contributed by atoms with Crippen LogP contribution in [-0.2, 0) is 11.2 Å². The standard InChI is InChI=1S/C14H17N3O2S/c1-3-4-10-6-5-9(2)7-11(10)17-12(18)8-20-14(17)16-13(15)19/h5-7H,3-4,8H2,1-2H3,(H2,15,19). The number of nitrogens with two attached hydrogens (primary N) is 1. The highest BCUT2D eigenvalue weighted by molar-refractivity contribution is 8.15. The quantitative estimate of drug-likeness (QED) is 0.929. The van der Waals surface area contributed by atoms with Gasteiger partial charge < -0.3 is 5.73 Å². The zero-order chi connectivity index (χ0) is 14.7. The number of primary amides is 1. The van der Waals surface area contributed by atoms with Crippen LogP contribution in [0.15, 0.2) is 23.2 Å². The van der Waals surface area contributed by atoms with Gasteiger partial charge in [-0.05, 0) is 30.5 Å². The average Bonchev–Trinajstić information content (AvgIpc) is 2.72. The molecule has 2 N–H and O–H groups in total. The fourth-order valence-electron chi connectivity index (χ4n) is 2.14. The number of nitrogens with zero attached hydrogens (tertiary/aromatic N) is 2. The van der Waals surface area contributed by atoms with Crippen molar-refractivity contribution < 1.29 is 9.59 Å². The maximum Gasteiger partial charge on any atom is 0.340 e. The maximum absolute atomic E-state index is 12.1. The predicted molar refractivity (Wildman–Crippen MR) is 82.1 cm³/mol. The molecule has 0 bridgehead atoms. The van der Waals surface area contributed by atoms with E-state index in [1.54, 1.807) is 0 Å².